The van der Waals surface area contributed by atoms with Crippen LogP contribution in [0.3, 0.4) is 0 Å². The highest BCUT2D eigenvalue weighted by Gasteiger charge is 2.26. The largest absolute Gasteiger partial charge is 0.343 e. The summed E-state index contributed by atoms with van der Waals surface area (Å²) in [5.74, 6) is -0.177. The first-order valence-electron chi connectivity index (χ1n) is 6.93. The summed E-state index contributed by atoms with van der Waals surface area (Å²) >= 11 is 1.21. The van der Waals surface area contributed by atoms with Crippen molar-refractivity contribution in [2.24, 2.45) is 5.92 Å². The average Bonchev–Trinajstić information content (AvgIpc) is 2.79. The van der Waals surface area contributed by atoms with Gasteiger partial charge >= 0.3 is 0 Å². The monoisotopic (exact) mass is 309 g/mol. The topological polar surface area (TPSA) is 79.4 Å². The van der Waals surface area contributed by atoms with Crippen molar-refractivity contribution in [3.8, 4) is 0 Å². The van der Waals surface area contributed by atoms with Crippen molar-refractivity contribution in [1.29, 1.82) is 0 Å². The van der Waals surface area contributed by atoms with Crippen LogP contribution in [-0.4, -0.2) is 40.6 Å². The fourth-order valence-electron chi connectivity index (χ4n) is 2.44. The van der Waals surface area contributed by atoms with Crippen molar-refractivity contribution >= 4 is 34.1 Å². The second-order valence-electron chi connectivity index (χ2n) is 5.26. The van der Waals surface area contributed by atoms with Crippen LogP contribution in [-0.2, 0) is 9.59 Å². The molecule has 0 bridgehead atoms. The zero-order chi connectivity index (χ0) is 15.6. The number of nitrogens with zero attached hydrogens (tertiary/aromatic N) is 2. The molecule has 1 saturated heterocycles. The van der Waals surface area contributed by atoms with Crippen LogP contribution in [0, 0.1) is 12.8 Å². The van der Waals surface area contributed by atoms with E-state index < -0.39 is 0 Å². The molecule has 1 aliphatic heterocycles. The SMILES string of the molecule is CC(=O)c1sc(NC(=O)C2CCN(C(C)=O)CC2)nc1C. The number of hydrogen-bond donors (Lipinski definition) is 1. The van der Waals surface area contributed by atoms with Crippen molar-refractivity contribution in [2.75, 3.05) is 18.4 Å². The molecule has 7 heteroatoms. The Labute approximate surface area is 127 Å². The van der Waals surface area contributed by atoms with E-state index in [0.29, 0.717) is 41.6 Å². The highest BCUT2D eigenvalue weighted by atomic mass is 32.1. The Bertz CT molecular complexity index is 574. The smallest absolute Gasteiger partial charge is 0.229 e. The molecule has 0 aliphatic carbocycles. The minimum Gasteiger partial charge on any atom is -0.343 e. The van der Waals surface area contributed by atoms with E-state index in [2.05, 4.69) is 10.3 Å². The Morgan fingerprint density at radius 1 is 1.24 bits per heavy atom. The summed E-state index contributed by atoms with van der Waals surface area (Å²) in [4.78, 5) is 41.4. The zero-order valence-electron chi connectivity index (χ0n) is 12.4. The lowest BCUT2D eigenvalue weighted by Gasteiger charge is -2.30. The first kappa shape index (κ1) is 15.6. The van der Waals surface area contributed by atoms with Gasteiger partial charge in [-0.2, -0.15) is 0 Å². The molecule has 0 radical (unpaired) electrons. The van der Waals surface area contributed by atoms with Gasteiger partial charge in [0.15, 0.2) is 10.9 Å². The molecule has 6 nitrogen and oxygen atoms in total. The summed E-state index contributed by atoms with van der Waals surface area (Å²) < 4.78 is 0. The molecule has 0 atom stereocenters. The molecule has 0 spiro atoms. The third kappa shape index (κ3) is 3.66. The normalized spacial score (nSPS) is 15.9. The first-order valence-corrected chi connectivity index (χ1v) is 7.75. The molecule has 21 heavy (non-hydrogen) atoms. The fraction of sp³-hybridized carbons (Fsp3) is 0.571. The van der Waals surface area contributed by atoms with E-state index in [1.54, 1.807) is 18.7 Å². The van der Waals surface area contributed by atoms with Crippen LogP contribution in [0.4, 0.5) is 5.13 Å². The van der Waals surface area contributed by atoms with Crippen LogP contribution in [0.2, 0.25) is 0 Å². The van der Waals surface area contributed by atoms with E-state index in [1.807, 2.05) is 0 Å². The summed E-state index contributed by atoms with van der Waals surface area (Å²) in [6.07, 6.45) is 1.32. The number of carbonyl (C=O) groups is 3. The number of amides is 2. The number of piperidine rings is 1. The maximum absolute atomic E-state index is 12.2. The molecule has 2 amide bonds. The molecule has 1 aromatic heterocycles. The lowest BCUT2D eigenvalue weighted by Crippen LogP contribution is -2.40. The van der Waals surface area contributed by atoms with Crippen molar-refractivity contribution in [3.63, 3.8) is 0 Å². The number of ketones is 1. The molecule has 0 unspecified atom stereocenters. The average molecular weight is 309 g/mol. The van der Waals surface area contributed by atoms with Gasteiger partial charge in [0.25, 0.3) is 0 Å². The number of likely N-dealkylation sites (tertiary alicyclic amines) is 1. The lowest BCUT2D eigenvalue weighted by atomic mass is 9.96. The van der Waals surface area contributed by atoms with Crippen LogP contribution in [0.25, 0.3) is 0 Å². The third-order valence-electron chi connectivity index (χ3n) is 3.66. The maximum atomic E-state index is 12.2. The summed E-state index contributed by atoms with van der Waals surface area (Å²) in [6.45, 7) is 6.02. The van der Waals surface area contributed by atoms with Gasteiger partial charge in [0.05, 0.1) is 10.6 Å². The van der Waals surface area contributed by atoms with Crippen molar-refractivity contribution in [3.05, 3.63) is 10.6 Å². The number of Topliss-reactive ketones (excluding diaryl/α,β-unsaturated/α-hetero) is 1. The van der Waals surface area contributed by atoms with E-state index in [0.717, 1.165) is 0 Å². The van der Waals surface area contributed by atoms with Gasteiger partial charge in [-0.15, -0.1) is 0 Å². The summed E-state index contributed by atoms with van der Waals surface area (Å²) in [7, 11) is 0. The van der Waals surface area contributed by atoms with Crippen LogP contribution in [0.15, 0.2) is 0 Å². The Morgan fingerprint density at radius 2 is 1.86 bits per heavy atom. The van der Waals surface area contributed by atoms with Crippen molar-refractivity contribution in [1.82, 2.24) is 9.88 Å². The van der Waals surface area contributed by atoms with Crippen LogP contribution in [0.5, 0.6) is 0 Å². The second-order valence-corrected chi connectivity index (χ2v) is 6.26. The first-order chi connectivity index (χ1) is 9.88. The number of anilines is 1. The van der Waals surface area contributed by atoms with Gasteiger partial charge in [0.2, 0.25) is 11.8 Å². The predicted octanol–water partition coefficient (Wildman–Crippen LogP) is 1.85. The van der Waals surface area contributed by atoms with Gasteiger partial charge < -0.3 is 10.2 Å². The lowest BCUT2D eigenvalue weighted by molar-refractivity contribution is -0.132. The minimum absolute atomic E-state index is 0.0414. The zero-order valence-corrected chi connectivity index (χ0v) is 13.2. The molecular weight excluding hydrogens is 290 g/mol. The molecule has 2 heterocycles. The van der Waals surface area contributed by atoms with Crippen molar-refractivity contribution < 1.29 is 14.4 Å². The molecule has 1 N–H and O–H groups in total. The summed E-state index contributed by atoms with van der Waals surface area (Å²) in [5, 5.41) is 3.25. The number of hydrogen-bond acceptors (Lipinski definition) is 5. The van der Waals surface area contributed by atoms with Gasteiger partial charge in [0, 0.05) is 32.9 Å². The standard InChI is InChI=1S/C14H19N3O3S/c1-8-12(9(2)18)21-14(15-8)16-13(20)11-4-6-17(7-5-11)10(3)19/h11H,4-7H2,1-3H3,(H,15,16,20). The number of thiazole rings is 1. The van der Waals surface area contributed by atoms with E-state index in [-0.39, 0.29) is 23.5 Å². The van der Waals surface area contributed by atoms with E-state index in [4.69, 9.17) is 0 Å². The van der Waals surface area contributed by atoms with Crippen LogP contribution < -0.4 is 5.32 Å². The Kier molecular flexibility index (Phi) is 4.72. The maximum Gasteiger partial charge on any atom is 0.229 e. The minimum atomic E-state index is -0.106. The molecule has 0 saturated carbocycles. The molecular formula is C14H19N3O3S. The van der Waals surface area contributed by atoms with E-state index in [1.165, 1.54) is 18.3 Å². The van der Waals surface area contributed by atoms with Crippen LogP contribution >= 0.6 is 11.3 Å². The Morgan fingerprint density at radius 3 is 2.33 bits per heavy atom. The van der Waals surface area contributed by atoms with Gasteiger partial charge in [-0.1, -0.05) is 11.3 Å². The quantitative estimate of drug-likeness (QED) is 0.864. The number of nitrogens with one attached hydrogen (secondary N) is 1. The van der Waals surface area contributed by atoms with Gasteiger partial charge in [-0.3, -0.25) is 14.4 Å². The molecule has 1 aliphatic rings. The molecule has 2 rings (SSSR count). The molecule has 0 aromatic carbocycles. The van der Waals surface area contributed by atoms with E-state index >= 15 is 0 Å². The predicted molar refractivity (Wildman–Crippen MR) is 80.5 cm³/mol. The second kappa shape index (κ2) is 6.34. The summed E-state index contributed by atoms with van der Waals surface area (Å²) in [6, 6.07) is 0. The van der Waals surface area contributed by atoms with E-state index in [9.17, 15) is 14.4 Å². The third-order valence-corrected chi connectivity index (χ3v) is 4.83. The van der Waals surface area contributed by atoms with Gasteiger partial charge in [-0.05, 0) is 19.8 Å². The number of rotatable bonds is 3. The Balaban J connectivity index is 1.95. The number of aryl methyl sites for hydroxylation is 1. The molecule has 1 fully saturated rings. The molecule has 1 aromatic rings. The number of aromatic nitrogens is 1. The molecule has 114 valence electrons. The highest BCUT2D eigenvalue weighted by molar-refractivity contribution is 7.17. The van der Waals surface area contributed by atoms with Gasteiger partial charge in [-0.25, -0.2) is 4.98 Å². The fourth-order valence-corrected chi connectivity index (χ4v) is 3.31. The summed E-state index contributed by atoms with van der Waals surface area (Å²) in [5.41, 5.74) is 0.647. The number of carbonyl (C=O) groups excluding carboxylic acids is 3. The van der Waals surface area contributed by atoms with Crippen molar-refractivity contribution in [2.45, 2.75) is 33.6 Å². The highest BCUT2D eigenvalue weighted by Crippen LogP contribution is 2.25. The van der Waals surface area contributed by atoms with Gasteiger partial charge in [0.1, 0.15) is 0 Å². The Hall–Kier alpha value is -1.76. The van der Waals surface area contributed by atoms with Crippen LogP contribution in [0.1, 0.15) is 42.1 Å².